The van der Waals surface area contributed by atoms with Gasteiger partial charge in [-0.3, -0.25) is 24.3 Å². The predicted octanol–water partition coefficient (Wildman–Crippen LogP) is 6.33. The number of benzene rings is 4. The number of nitrogens with zero attached hydrogens (tertiary/aromatic N) is 2. The van der Waals surface area contributed by atoms with Crippen molar-refractivity contribution >= 4 is 40.1 Å². The van der Waals surface area contributed by atoms with Gasteiger partial charge >= 0.3 is 5.97 Å². The Labute approximate surface area is 234 Å². The molecule has 0 saturated carbocycles. The summed E-state index contributed by atoms with van der Waals surface area (Å²) in [5.41, 5.74) is 2.27. The van der Waals surface area contributed by atoms with Crippen LogP contribution in [0.25, 0.3) is 10.9 Å². The maximum absolute atomic E-state index is 13.2. The third kappa shape index (κ3) is 6.10. The van der Waals surface area contributed by atoms with Crippen LogP contribution in [0.4, 0.5) is 11.4 Å². The molecule has 9 heteroatoms. The summed E-state index contributed by atoms with van der Waals surface area (Å²) >= 11 is 0. The molecule has 0 unspecified atom stereocenters. The Morgan fingerprint density at radius 1 is 0.805 bits per heavy atom. The Morgan fingerprint density at radius 2 is 1.44 bits per heavy atom. The fourth-order valence-corrected chi connectivity index (χ4v) is 4.40. The van der Waals surface area contributed by atoms with Crippen LogP contribution in [0.2, 0.25) is 0 Å². The van der Waals surface area contributed by atoms with E-state index in [4.69, 9.17) is 4.74 Å². The molecule has 5 rings (SSSR count). The number of nitrogens with one attached hydrogen (secondary N) is 1. The summed E-state index contributed by atoms with van der Waals surface area (Å²) in [4.78, 5) is 49.6. The number of para-hydroxylation sites is 1. The number of anilines is 1. The smallest absolute Gasteiger partial charge is 0.331 e. The molecule has 41 heavy (non-hydrogen) atoms. The number of non-ortho nitro benzene ring substituents is 1. The van der Waals surface area contributed by atoms with Crippen LogP contribution in [-0.4, -0.2) is 27.3 Å². The maximum atomic E-state index is 13.2. The molecule has 9 nitrogen and oxygen atoms in total. The van der Waals surface area contributed by atoms with Gasteiger partial charge in [-0.15, -0.1) is 0 Å². The highest BCUT2D eigenvalue weighted by atomic mass is 16.6. The van der Waals surface area contributed by atoms with Gasteiger partial charge in [0.25, 0.3) is 17.5 Å². The fourth-order valence-electron chi connectivity index (χ4n) is 4.40. The first-order valence-electron chi connectivity index (χ1n) is 12.6. The van der Waals surface area contributed by atoms with Gasteiger partial charge < -0.3 is 10.1 Å². The first-order chi connectivity index (χ1) is 19.9. The van der Waals surface area contributed by atoms with Gasteiger partial charge in [0.15, 0.2) is 6.10 Å². The lowest BCUT2D eigenvalue weighted by Gasteiger charge is -2.18. The quantitative estimate of drug-likeness (QED) is 0.105. The Hall–Kier alpha value is -5.83. The van der Waals surface area contributed by atoms with Gasteiger partial charge in [0, 0.05) is 41.6 Å². The number of fused-ring (bicyclic) bond motifs is 1. The molecule has 0 atom stereocenters. The standard InChI is InChI=1S/C32H23N3O6/c36-29(18-19-30(37)41-31(22-10-3-1-4-11-22)23-12-5-2-6-13-23)34-21-27(26-16-7-8-17-28(26)34)32(38)33-24-14-9-15-25(20-24)35(39)40/h1-21,31H,(H,33,38)/b19-18+. The molecule has 1 aromatic heterocycles. The highest BCUT2D eigenvalue weighted by Gasteiger charge is 2.20. The second kappa shape index (κ2) is 11.9. The van der Waals surface area contributed by atoms with Gasteiger partial charge in [0.05, 0.1) is 16.0 Å². The van der Waals surface area contributed by atoms with Gasteiger partial charge in [-0.25, -0.2) is 4.79 Å². The number of hydrogen-bond donors (Lipinski definition) is 1. The largest absolute Gasteiger partial charge is 0.449 e. The zero-order chi connectivity index (χ0) is 28.8. The van der Waals surface area contributed by atoms with Crippen molar-refractivity contribution < 1.29 is 24.0 Å². The monoisotopic (exact) mass is 545 g/mol. The highest BCUT2D eigenvalue weighted by Crippen LogP contribution is 2.27. The second-order valence-electron chi connectivity index (χ2n) is 9.00. The van der Waals surface area contributed by atoms with Crippen LogP contribution in [-0.2, 0) is 9.53 Å². The Kier molecular flexibility index (Phi) is 7.78. The van der Waals surface area contributed by atoms with Crippen molar-refractivity contribution in [2.24, 2.45) is 0 Å². The van der Waals surface area contributed by atoms with Crippen molar-refractivity contribution in [3.05, 3.63) is 154 Å². The van der Waals surface area contributed by atoms with Crippen LogP contribution in [0.1, 0.15) is 32.4 Å². The Balaban J connectivity index is 1.37. The SMILES string of the molecule is O=C(/C=C/C(=O)n1cc(C(=O)Nc2cccc([N+](=O)[O-])c2)c2ccccc21)OC(c1ccccc1)c1ccccc1. The third-order valence-electron chi connectivity index (χ3n) is 6.31. The van der Waals surface area contributed by atoms with Crippen LogP contribution in [0, 0.1) is 10.1 Å². The molecule has 0 aliphatic heterocycles. The number of nitro groups is 1. The van der Waals surface area contributed by atoms with Crippen molar-refractivity contribution in [1.82, 2.24) is 4.57 Å². The van der Waals surface area contributed by atoms with Crippen LogP contribution in [0.3, 0.4) is 0 Å². The molecule has 4 aromatic carbocycles. The molecule has 202 valence electrons. The lowest BCUT2D eigenvalue weighted by atomic mass is 10.0. The van der Waals surface area contributed by atoms with E-state index in [9.17, 15) is 24.5 Å². The summed E-state index contributed by atoms with van der Waals surface area (Å²) in [5.74, 6) is -1.83. The van der Waals surface area contributed by atoms with E-state index in [1.54, 1.807) is 24.3 Å². The summed E-state index contributed by atoms with van der Waals surface area (Å²) in [6.45, 7) is 0. The number of rotatable bonds is 8. The van der Waals surface area contributed by atoms with E-state index >= 15 is 0 Å². The molecule has 0 aliphatic carbocycles. The normalized spacial score (nSPS) is 11.0. The number of esters is 1. The van der Waals surface area contributed by atoms with E-state index in [1.807, 2.05) is 60.7 Å². The number of ether oxygens (including phenoxy) is 1. The van der Waals surface area contributed by atoms with Crippen molar-refractivity contribution in [1.29, 1.82) is 0 Å². The predicted molar refractivity (Wildman–Crippen MR) is 154 cm³/mol. The maximum Gasteiger partial charge on any atom is 0.331 e. The lowest BCUT2D eigenvalue weighted by molar-refractivity contribution is -0.384. The summed E-state index contributed by atoms with van der Waals surface area (Å²) in [6.07, 6.45) is 2.84. The molecular weight excluding hydrogens is 522 g/mol. The van der Waals surface area contributed by atoms with Crippen LogP contribution < -0.4 is 5.32 Å². The van der Waals surface area contributed by atoms with E-state index in [0.717, 1.165) is 23.3 Å². The fraction of sp³-hybridized carbons (Fsp3) is 0.0312. The number of aromatic nitrogens is 1. The minimum absolute atomic E-state index is 0.167. The third-order valence-corrected chi connectivity index (χ3v) is 6.31. The second-order valence-corrected chi connectivity index (χ2v) is 9.00. The topological polar surface area (TPSA) is 121 Å². The summed E-state index contributed by atoms with van der Waals surface area (Å²) in [6, 6.07) is 30.9. The first kappa shape index (κ1) is 26.8. The summed E-state index contributed by atoms with van der Waals surface area (Å²) in [5, 5.41) is 14.2. The Morgan fingerprint density at radius 3 is 2.10 bits per heavy atom. The molecule has 5 aromatic rings. The van der Waals surface area contributed by atoms with Crippen LogP contribution in [0.15, 0.2) is 128 Å². The van der Waals surface area contributed by atoms with Gasteiger partial charge in [-0.1, -0.05) is 84.9 Å². The number of nitro benzene ring substituents is 1. The number of allylic oxidation sites excluding steroid dienone is 1. The van der Waals surface area contributed by atoms with Crippen molar-refractivity contribution in [3.63, 3.8) is 0 Å². The van der Waals surface area contributed by atoms with Gasteiger partial charge in [-0.2, -0.15) is 0 Å². The molecule has 1 heterocycles. The first-order valence-corrected chi connectivity index (χ1v) is 12.6. The van der Waals surface area contributed by atoms with E-state index in [0.29, 0.717) is 10.9 Å². The molecule has 1 N–H and O–H groups in total. The summed E-state index contributed by atoms with van der Waals surface area (Å²) < 4.78 is 6.99. The van der Waals surface area contributed by atoms with Crippen molar-refractivity contribution in [3.8, 4) is 0 Å². The molecule has 0 saturated heterocycles. The lowest BCUT2D eigenvalue weighted by Crippen LogP contribution is -2.13. The minimum atomic E-state index is -0.712. The van der Waals surface area contributed by atoms with Crippen LogP contribution >= 0.6 is 0 Å². The van der Waals surface area contributed by atoms with Crippen molar-refractivity contribution in [2.45, 2.75) is 6.10 Å². The van der Waals surface area contributed by atoms with Gasteiger partial charge in [-0.05, 0) is 23.3 Å². The average Bonchev–Trinajstić information content (AvgIpc) is 3.40. The molecule has 0 aliphatic rings. The summed E-state index contributed by atoms with van der Waals surface area (Å²) in [7, 11) is 0. The van der Waals surface area contributed by atoms with E-state index in [2.05, 4.69) is 5.32 Å². The zero-order valence-electron chi connectivity index (χ0n) is 21.5. The highest BCUT2D eigenvalue weighted by molar-refractivity contribution is 6.15. The Bertz CT molecular complexity index is 1740. The number of carbonyl (C=O) groups excluding carboxylic acids is 3. The van der Waals surface area contributed by atoms with E-state index in [1.165, 1.54) is 35.0 Å². The average molecular weight is 546 g/mol. The van der Waals surface area contributed by atoms with E-state index < -0.39 is 28.8 Å². The molecule has 0 radical (unpaired) electrons. The number of carbonyl (C=O) groups is 3. The minimum Gasteiger partial charge on any atom is -0.449 e. The van der Waals surface area contributed by atoms with Crippen molar-refractivity contribution in [2.75, 3.05) is 5.32 Å². The zero-order valence-corrected chi connectivity index (χ0v) is 21.5. The molecule has 1 amide bonds. The number of hydrogen-bond acceptors (Lipinski definition) is 6. The van der Waals surface area contributed by atoms with Gasteiger partial charge in [0.2, 0.25) is 0 Å². The molecular formula is C32H23N3O6. The van der Waals surface area contributed by atoms with E-state index in [-0.39, 0.29) is 16.9 Å². The molecule has 0 bridgehead atoms. The van der Waals surface area contributed by atoms with Gasteiger partial charge in [0.1, 0.15) is 0 Å². The number of amides is 1. The van der Waals surface area contributed by atoms with Crippen LogP contribution in [0.5, 0.6) is 0 Å². The molecule has 0 spiro atoms. The molecule has 0 fully saturated rings.